The van der Waals surface area contributed by atoms with E-state index in [1.54, 1.807) is 17.2 Å². The van der Waals surface area contributed by atoms with Crippen LogP contribution in [0.1, 0.15) is 13.3 Å². The SMILES string of the molecule is CC1=CCC(=O)C2=C1N=C1C(C(=O)O)=CC=CN1C2. The Kier molecular flexibility index (Phi) is 2.48. The van der Waals surface area contributed by atoms with Crippen LogP contribution in [-0.2, 0) is 9.59 Å². The fourth-order valence-corrected chi connectivity index (χ4v) is 2.39. The largest absolute Gasteiger partial charge is 0.478 e. The average molecular weight is 256 g/mol. The number of aliphatic imine (C=N–C) groups is 1. The number of hydrogen-bond acceptors (Lipinski definition) is 4. The monoisotopic (exact) mass is 256 g/mol. The van der Waals surface area contributed by atoms with Gasteiger partial charge in [-0.05, 0) is 24.6 Å². The summed E-state index contributed by atoms with van der Waals surface area (Å²) in [6.07, 6.45) is 7.16. The zero-order valence-corrected chi connectivity index (χ0v) is 10.4. The third-order valence-electron chi connectivity index (χ3n) is 3.41. The molecule has 0 spiro atoms. The highest BCUT2D eigenvalue weighted by Crippen LogP contribution is 2.30. The van der Waals surface area contributed by atoms with Crippen molar-refractivity contribution in [3.8, 4) is 0 Å². The second kappa shape index (κ2) is 4.05. The summed E-state index contributed by atoms with van der Waals surface area (Å²) < 4.78 is 0. The number of hydrogen-bond donors (Lipinski definition) is 1. The van der Waals surface area contributed by atoms with Crippen molar-refractivity contribution in [2.75, 3.05) is 6.54 Å². The van der Waals surface area contributed by atoms with Gasteiger partial charge < -0.3 is 10.0 Å². The van der Waals surface area contributed by atoms with Crippen molar-refractivity contribution in [1.29, 1.82) is 0 Å². The molecule has 96 valence electrons. The van der Waals surface area contributed by atoms with Gasteiger partial charge in [-0.2, -0.15) is 0 Å². The topological polar surface area (TPSA) is 70.0 Å². The van der Waals surface area contributed by atoms with E-state index in [2.05, 4.69) is 4.99 Å². The highest BCUT2D eigenvalue weighted by molar-refractivity contribution is 6.20. The van der Waals surface area contributed by atoms with Gasteiger partial charge in [0.15, 0.2) is 5.78 Å². The van der Waals surface area contributed by atoms with Crippen molar-refractivity contribution in [2.24, 2.45) is 4.99 Å². The first-order chi connectivity index (χ1) is 9.08. The maximum absolute atomic E-state index is 11.9. The van der Waals surface area contributed by atoms with E-state index in [-0.39, 0.29) is 11.4 Å². The number of carboxylic acid groups (broad SMARTS) is 1. The molecule has 1 aliphatic carbocycles. The smallest absolute Gasteiger partial charge is 0.339 e. The van der Waals surface area contributed by atoms with Gasteiger partial charge in [-0.15, -0.1) is 0 Å². The molecule has 0 atom stereocenters. The van der Waals surface area contributed by atoms with E-state index >= 15 is 0 Å². The van der Waals surface area contributed by atoms with E-state index in [0.29, 0.717) is 30.1 Å². The van der Waals surface area contributed by atoms with Crippen LogP contribution in [0, 0.1) is 0 Å². The van der Waals surface area contributed by atoms with Crippen LogP contribution in [-0.4, -0.2) is 34.1 Å². The van der Waals surface area contributed by atoms with Crippen LogP contribution in [0.4, 0.5) is 0 Å². The van der Waals surface area contributed by atoms with E-state index in [1.807, 2.05) is 13.0 Å². The Balaban J connectivity index is 2.13. The first-order valence-electron chi connectivity index (χ1n) is 5.99. The lowest BCUT2D eigenvalue weighted by Crippen LogP contribution is -2.38. The van der Waals surface area contributed by atoms with E-state index in [1.165, 1.54) is 6.08 Å². The zero-order valence-electron chi connectivity index (χ0n) is 10.4. The predicted molar refractivity (Wildman–Crippen MR) is 69.4 cm³/mol. The molecule has 0 unspecified atom stereocenters. The van der Waals surface area contributed by atoms with Crippen molar-refractivity contribution in [1.82, 2.24) is 4.90 Å². The number of aliphatic carboxylic acids is 1. The fourth-order valence-electron chi connectivity index (χ4n) is 2.39. The summed E-state index contributed by atoms with van der Waals surface area (Å²) in [6.45, 7) is 2.28. The first kappa shape index (κ1) is 11.6. The molecule has 0 amide bonds. The molecule has 0 aromatic carbocycles. The maximum atomic E-state index is 11.9. The number of ketones is 1. The molecule has 5 nitrogen and oxygen atoms in total. The molecule has 0 radical (unpaired) electrons. The van der Waals surface area contributed by atoms with Gasteiger partial charge in [-0.1, -0.05) is 6.08 Å². The molecule has 0 saturated heterocycles. The molecule has 0 bridgehead atoms. The molecule has 2 aliphatic heterocycles. The normalized spacial score (nSPS) is 21.4. The van der Waals surface area contributed by atoms with Gasteiger partial charge in [0.25, 0.3) is 0 Å². The highest BCUT2D eigenvalue weighted by Gasteiger charge is 2.31. The fraction of sp³-hybridized carbons (Fsp3) is 0.214. The third-order valence-corrected chi connectivity index (χ3v) is 3.41. The lowest BCUT2D eigenvalue weighted by Gasteiger charge is -2.32. The number of amidine groups is 1. The van der Waals surface area contributed by atoms with Gasteiger partial charge in [-0.25, -0.2) is 9.79 Å². The quantitative estimate of drug-likeness (QED) is 0.770. The number of carbonyl (C=O) groups is 2. The van der Waals surface area contributed by atoms with E-state index in [9.17, 15) is 14.7 Å². The third kappa shape index (κ3) is 1.74. The molecule has 3 aliphatic rings. The minimum atomic E-state index is -1.01. The number of carboxylic acids is 1. The Morgan fingerprint density at radius 3 is 3.00 bits per heavy atom. The predicted octanol–water partition coefficient (Wildman–Crippen LogP) is 1.41. The zero-order chi connectivity index (χ0) is 13.6. The van der Waals surface area contributed by atoms with Crippen LogP contribution in [0.2, 0.25) is 0 Å². The lowest BCUT2D eigenvalue weighted by atomic mass is 9.93. The van der Waals surface area contributed by atoms with Crippen LogP contribution in [0.15, 0.2) is 51.8 Å². The van der Waals surface area contributed by atoms with Gasteiger partial charge >= 0.3 is 5.97 Å². The Bertz CT molecular complexity index is 648. The van der Waals surface area contributed by atoms with Crippen LogP contribution in [0.3, 0.4) is 0 Å². The minimum absolute atomic E-state index is 0.0585. The van der Waals surface area contributed by atoms with E-state index in [0.717, 1.165) is 5.57 Å². The number of carbonyl (C=O) groups excluding carboxylic acids is 1. The van der Waals surface area contributed by atoms with Gasteiger partial charge in [0.1, 0.15) is 11.4 Å². The summed E-state index contributed by atoms with van der Waals surface area (Å²) in [6, 6.07) is 0. The molecule has 3 rings (SSSR count). The van der Waals surface area contributed by atoms with Crippen LogP contribution < -0.4 is 0 Å². The summed E-state index contributed by atoms with van der Waals surface area (Å²) in [7, 11) is 0. The van der Waals surface area contributed by atoms with Crippen LogP contribution in [0.25, 0.3) is 0 Å². The molecular formula is C14H12N2O3. The summed E-state index contributed by atoms with van der Waals surface area (Å²) in [4.78, 5) is 29.2. The molecular weight excluding hydrogens is 244 g/mol. The standard InChI is InChI=1S/C14H12N2O3/c1-8-4-5-11(17)10-7-16-6-2-3-9(14(18)19)13(16)15-12(8)10/h2-4,6H,5,7H2,1H3,(H,18,19). The minimum Gasteiger partial charge on any atom is -0.478 e. The van der Waals surface area contributed by atoms with Gasteiger partial charge in [0, 0.05) is 18.2 Å². The molecule has 1 N–H and O–H groups in total. The Labute approximate surface area is 109 Å². The van der Waals surface area contributed by atoms with Crippen LogP contribution in [0.5, 0.6) is 0 Å². The number of nitrogens with zero attached hydrogens (tertiary/aromatic N) is 2. The van der Waals surface area contributed by atoms with E-state index < -0.39 is 5.97 Å². The molecule has 0 aromatic heterocycles. The molecule has 2 heterocycles. The second-order valence-electron chi connectivity index (χ2n) is 4.63. The Hall–Kier alpha value is -2.43. The summed E-state index contributed by atoms with van der Waals surface area (Å²) in [5, 5.41) is 9.18. The second-order valence-corrected chi connectivity index (χ2v) is 4.63. The van der Waals surface area contributed by atoms with E-state index in [4.69, 9.17) is 0 Å². The molecule has 0 fully saturated rings. The van der Waals surface area contributed by atoms with Crippen molar-refractivity contribution in [3.05, 3.63) is 46.8 Å². The molecule has 5 heteroatoms. The van der Waals surface area contributed by atoms with Gasteiger partial charge in [-0.3, -0.25) is 4.79 Å². The van der Waals surface area contributed by atoms with Crippen molar-refractivity contribution >= 4 is 17.6 Å². The molecule has 19 heavy (non-hydrogen) atoms. The van der Waals surface area contributed by atoms with Crippen LogP contribution >= 0.6 is 0 Å². The summed E-state index contributed by atoms with van der Waals surface area (Å²) in [5.41, 5.74) is 2.38. The molecule has 0 aromatic rings. The maximum Gasteiger partial charge on any atom is 0.339 e. The Morgan fingerprint density at radius 2 is 2.26 bits per heavy atom. The van der Waals surface area contributed by atoms with Crippen molar-refractivity contribution in [3.63, 3.8) is 0 Å². The number of fused-ring (bicyclic) bond motifs is 1. The molecule has 0 saturated carbocycles. The summed E-state index contributed by atoms with van der Waals surface area (Å²) in [5.74, 6) is -0.555. The van der Waals surface area contributed by atoms with Gasteiger partial charge in [0.05, 0.1) is 12.2 Å². The van der Waals surface area contributed by atoms with Crippen molar-refractivity contribution < 1.29 is 14.7 Å². The Morgan fingerprint density at radius 1 is 1.47 bits per heavy atom. The number of rotatable bonds is 1. The summed E-state index contributed by atoms with van der Waals surface area (Å²) >= 11 is 0. The lowest BCUT2D eigenvalue weighted by molar-refractivity contribution is -0.132. The first-order valence-corrected chi connectivity index (χ1v) is 5.99. The highest BCUT2D eigenvalue weighted by atomic mass is 16.4. The number of Topliss-reactive ketones (excluding diaryl/α,β-unsaturated/α-hetero) is 1. The van der Waals surface area contributed by atoms with Crippen molar-refractivity contribution in [2.45, 2.75) is 13.3 Å². The number of allylic oxidation sites excluding steroid dienone is 4. The van der Waals surface area contributed by atoms with Gasteiger partial charge in [0.2, 0.25) is 0 Å². The average Bonchev–Trinajstić information content (AvgIpc) is 2.40.